The van der Waals surface area contributed by atoms with E-state index in [9.17, 15) is 5.11 Å². The van der Waals surface area contributed by atoms with Crippen LogP contribution in [0, 0.1) is 0 Å². The fourth-order valence-electron chi connectivity index (χ4n) is 2.23. The summed E-state index contributed by atoms with van der Waals surface area (Å²) >= 11 is 3.21. The lowest BCUT2D eigenvalue weighted by Gasteiger charge is -2.04. The van der Waals surface area contributed by atoms with E-state index in [0.29, 0.717) is 5.75 Å². The molecule has 0 aliphatic rings. The van der Waals surface area contributed by atoms with E-state index in [1.165, 1.54) is 21.4 Å². The Morgan fingerprint density at radius 2 is 1.95 bits per heavy atom. The van der Waals surface area contributed by atoms with Crippen molar-refractivity contribution in [3.05, 3.63) is 53.2 Å². The Balaban J connectivity index is 1.78. The van der Waals surface area contributed by atoms with Crippen molar-refractivity contribution in [3.8, 4) is 17.2 Å². The third kappa shape index (κ3) is 1.85. The van der Waals surface area contributed by atoms with Crippen LogP contribution in [0.3, 0.4) is 0 Å². The molecule has 4 rings (SSSR count). The summed E-state index contributed by atoms with van der Waals surface area (Å²) in [6.07, 6.45) is 0. The second-order valence-corrected chi connectivity index (χ2v) is 6.30. The maximum Gasteiger partial charge on any atom is 0.146 e. The first-order valence-electron chi connectivity index (χ1n) is 6.15. The molecule has 1 N–H and O–H groups in total. The van der Waals surface area contributed by atoms with Gasteiger partial charge in [0.15, 0.2) is 0 Å². The number of aromatic hydroxyl groups is 1. The molecule has 0 saturated carbocycles. The van der Waals surface area contributed by atoms with Gasteiger partial charge in [-0.05, 0) is 47.2 Å². The van der Waals surface area contributed by atoms with E-state index in [0.717, 1.165) is 21.6 Å². The van der Waals surface area contributed by atoms with Crippen LogP contribution in [-0.2, 0) is 0 Å². The highest BCUT2D eigenvalue weighted by atomic mass is 32.1. The van der Waals surface area contributed by atoms with Crippen molar-refractivity contribution in [2.75, 3.05) is 0 Å². The molecule has 0 saturated heterocycles. The summed E-state index contributed by atoms with van der Waals surface area (Å²) in [7, 11) is 0. The molecule has 20 heavy (non-hydrogen) atoms. The van der Waals surface area contributed by atoms with Crippen molar-refractivity contribution < 1.29 is 9.84 Å². The zero-order valence-electron chi connectivity index (χ0n) is 10.4. The van der Waals surface area contributed by atoms with Crippen LogP contribution >= 0.6 is 22.7 Å². The molecule has 98 valence electrons. The minimum Gasteiger partial charge on any atom is -0.506 e. The van der Waals surface area contributed by atoms with Crippen molar-refractivity contribution in [2.24, 2.45) is 0 Å². The predicted molar refractivity (Wildman–Crippen MR) is 85.4 cm³/mol. The molecule has 2 nitrogen and oxygen atoms in total. The fourth-order valence-corrected chi connectivity index (χ4v) is 3.89. The molecule has 4 heteroatoms. The summed E-state index contributed by atoms with van der Waals surface area (Å²) in [5.41, 5.74) is 0. The monoisotopic (exact) mass is 298 g/mol. The molecular formula is C16H10O2S2. The Morgan fingerprint density at radius 1 is 1.00 bits per heavy atom. The van der Waals surface area contributed by atoms with Crippen LogP contribution < -0.4 is 4.74 Å². The van der Waals surface area contributed by atoms with Crippen LogP contribution in [0.5, 0.6) is 17.2 Å². The number of phenols is 1. The van der Waals surface area contributed by atoms with E-state index in [1.807, 2.05) is 29.6 Å². The van der Waals surface area contributed by atoms with E-state index in [2.05, 4.69) is 17.5 Å². The molecule has 2 aromatic heterocycles. The van der Waals surface area contributed by atoms with Gasteiger partial charge in [-0.25, -0.2) is 0 Å². The van der Waals surface area contributed by atoms with Gasteiger partial charge >= 0.3 is 0 Å². The Morgan fingerprint density at radius 3 is 2.90 bits per heavy atom. The summed E-state index contributed by atoms with van der Waals surface area (Å²) in [6, 6.07) is 13.7. The zero-order valence-corrected chi connectivity index (χ0v) is 12.0. The lowest BCUT2D eigenvalue weighted by Crippen LogP contribution is -1.81. The number of phenolic OH excluding ortho intramolecular Hbond substituents is 1. The molecule has 0 radical (unpaired) electrons. The zero-order chi connectivity index (χ0) is 13.5. The second kappa shape index (κ2) is 4.51. The van der Waals surface area contributed by atoms with Crippen LogP contribution in [0.4, 0.5) is 0 Å². The van der Waals surface area contributed by atoms with Gasteiger partial charge in [-0.3, -0.25) is 0 Å². The van der Waals surface area contributed by atoms with E-state index < -0.39 is 0 Å². The maximum atomic E-state index is 9.82. The summed E-state index contributed by atoms with van der Waals surface area (Å²) in [5.74, 6) is 1.91. The Kier molecular flexibility index (Phi) is 2.65. The summed E-state index contributed by atoms with van der Waals surface area (Å²) < 4.78 is 8.08. The molecule has 0 bridgehead atoms. The number of hydrogen-bond donors (Lipinski definition) is 1. The highest BCUT2D eigenvalue weighted by Crippen LogP contribution is 2.40. The first kappa shape index (κ1) is 11.8. The third-order valence-electron chi connectivity index (χ3n) is 3.20. The van der Waals surface area contributed by atoms with Gasteiger partial charge in [0.05, 0.1) is 4.70 Å². The maximum absolute atomic E-state index is 9.82. The Bertz CT molecular complexity index is 905. The minimum absolute atomic E-state index is 0.302. The largest absolute Gasteiger partial charge is 0.506 e. The first-order valence-corrected chi connectivity index (χ1v) is 7.91. The average Bonchev–Trinajstić information content (AvgIpc) is 3.06. The van der Waals surface area contributed by atoms with Crippen molar-refractivity contribution >= 4 is 42.8 Å². The minimum atomic E-state index is 0.302. The van der Waals surface area contributed by atoms with Gasteiger partial charge in [0.1, 0.15) is 17.2 Å². The highest BCUT2D eigenvalue weighted by Gasteiger charge is 2.09. The van der Waals surface area contributed by atoms with E-state index >= 15 is 0 Å². The Labute approximate surface area is 123 Å². The average molecular weight is 298 g/mol. The topological polar surface area (TPSA) is 29.5 Å². The van der Waals surface area contributed by atoms with Crippen LogP contribution in [0.25, 0.3) is 20.2 Å². The van der Waals surface area contributed by atoms with Crippen LogP contribution in [0.1, 0.15) is 0 Å². The fraction of sp³-hybridized carbons (Fsp3) is 0. The molecule has 2 heterocycles. The van der Waals surface area contributed by atoms with E-state index in [1.54, 1.807) is 17.4 Å². The third-order valence-corrected chi connectivity index (χ3v) is 5.09. The number of rotatable bonds is 2. The standard InChI is InChI=1S/C16H10O2S2/c17-13-3-1-2-12-14(9-20-16(12)13)18-11-4-5-15-10(8-11)6-7-19-15/h1-9,17H. The lowest BCUT2D eigenvalue weighted by atomic mass is 10.2. The van der Waals surface area contributed by atoms with Crippen LogP contribution in [0.15, 0.2) is 53.2 Å². The van der Waals surface area contributed by atoms with Gasteiger partial charge < -0.3 is 9.84 Å². The molecule has 0 unspecified atom stereocenters. The molecule has 0 spiro atoms. The normalized spacial score (nSPS) is 11.2. The molecule has 0 aliphatic heterocycles. The van der Waals surface area contributed by atoms with Gasteiger partial charge in [0.25, 0.3) is 0 Å². The van der Waals surface area contributed by atoms with E-state index in [4.69, 9.17) is 4.74 Å². The van der Waals surface area contributed by atoms with Crippen LogP contribution in [0.2, 0.25) is 0 Å². The smallest absolute Gasteiger partial charge is 0.146 e. The molecule has 0 amide bonds. The number of hydrogen-bond acceptors (Lipinski definition) is 4. The summed E-state index contributed by atoms with van der Waals surface area (Å²) in [6.45, 7) is 0. The van der Waals surface area contributed by atoms with Crippen molar-refractivity contribution in [3.63, 3.8) is 0 Å². The molecule has 0 fully saturated rings. The molecule has 4 aromatic rings. The summed E-state index contributed by atoms with van der Waals surface area (Å²) in [5, 5.41) is 16.0. The second-order valence-electron chi connectivity index (χ2n) is 4.48. The van der Waals surface area contributed by atoms with Crippen molar-refractivity contribution in [2.45, 2.75) is 0 Å². The predicted octanol–water partition coefficient (Wildman–Crippen LogP) is 5.61. The van der Waals surface area contributed by atoms with E-state index in [-0.39, 0.29) is 0 Å². The van der Waals surface area contributed by atoms with Crippen LogP contribution in [-0.4, -0.2) is 5.11 Å². The van der Waals surface area contributed by atoms with Crippen molar-refractivity contribution in [1.82, 2.24) is 0 Å². The lowest BCUT2D eigenvalue weighted by molar-refractivity contribution is 0.481. The van der Waals surface area contributed by atoms with Gasteiger partial charge in [0, 0.05) is 15.5 Å². The number of benzene rings is 2. The SMILES string of the molecule is Oc1cccc2c(Oc3ccc4sccc4c3)csc12. The Hall–Kier alpha value is -2.04. The highest BCUT2D eigenvalue weighted by molar-refractivity contribution is 7.18. The number of fused-ring (bicyclic) bond motifs is 2. The molecule has 0 atom stereocenters. The number of thiophene rings is 2. The molecular weight excluding hydrogens is 288 g/mol. The van der Waals surface area contributed by atoms with Crippen molar-refractivity contribution in [1.29, 1.82) is 0 Å². The number of ether oxygens (including phenoxy) is 1. The van der Waals surface area contributed by atoms with Gasteiger partial charge in [0.2, 0.25) is 0 Å². The van der Waals surface area contributed by atoms with Gasteiger partial charge in [-0.15, -0.1) is 22.7 Å². The molecule has 0 aliphatic carbocycles. The van der Waals surface area contributed by atoms with Gasteiger partial charge in [-0.1, -0.05) is 6.07 Å². The van der Waals surface area contributed by atoms with Gasteiger partial charge in [-0.2, -0.15) is 0 Å². The first-order chi connectivity index (χ1) is 9.81. The quantitative estimate of drug-likeness (QED) is 0.521. The molecule has 2 aromatic carbocycles. The summed E-state index contributed by atoms with van der Waals surface area (Å²) in [4.78, 5) is 0.